The number of nitrogens with one attached hydrogen (secondary N) is 2. The van der Waals surface area contributed by atoms with Crippen LogP contribution in [0.25, 0.3) is 0 Å². The number of rotatable bonds is 57. The lowest BCUT2D eigenvalue weighted by atomic mass is 10.0. The minimum absolute atomic E-state index is 1.04. The van der Waals surface area contributed by atoms with E-state index in [1.54, 1.807) is 9.80 Å². The molecule has 0 saturated heterocycles. The van der Waals surface area contributed by atoms with E-state index in [0.717, 1.165) is 28.4 Å². The normalized spacial score (nSPS) is 11.4. The first kappa shape index (κ1) is 86.9. The Kier molecular flexibility index (Phi) is 86.0. The fourth-order valence-electron chi connectivity index (χ4n) is 9.62. The average molecular weight is 1160 g/mol. The van der Waals surface area contributed by atoms with Crippen LogP contribution in [0.15, 0.2) is 0 Å². The summed E-state index contributed by atoms with van der Waals surface area (Å²) in [4.78, 5) is 23.4. The van der Waals surface area contributed by atoms with E-state index in [4.69, 9.17) is 0 Å². The molecular weight excluding hydrogens is 1010 g/mol. The molecule has 0 fully saturated rings. The van der Waals surface area contributed by atoms with Gasteiger partial charge in [-0.15, -0.1) is 0 Å². The van der Waals surface area contributed by atoms with Gasteiger partial charge in [-0.2, -0.15) is 0 Å². The van der Waals surface area contributed by atoms with Crippen LogP contribution in [0.3, 0.4) is 0 Å². The predicted molar refractivity (Wildman–Crippen MR) is 341 cm³/mol. The molecule has 0 bridgehead atoms. The molecule has 0 unspecified atom stereocenters. The fraction of sp³-hybridized carbons (Fsp3) is 1.00. The lowest BCUT2D eigenvalue weighted by molar-refractivity contribution is -0.880. The van der Waals surface area contributed by atoms with Crippen LogP contribution in [0.5, 0.6) is 0 Å². The highest BCUT2D eigenvalue weighted by Crippen LogP contribution is 2.35. The molecule has 0 spiro atoms. The van der Waals surface area contributed by atoms with Gasteiger partial charge in [0.15, 0.2) is 0 Å². The summed E-state index contributed by atoms with van der Waals surface area (Å²) in [5, 5.41) is 0. The first-order valence-electron chi connectivity index (χ1n) is 34.3. The second-order valence-corrected chi connectivity index (χ2v) is 26.3. The number of unbranched alkanes of at least 4 members (excludes halogenated alkanes) is 45. The standard InChI is InChI=1S/C31H65N.C21H45N.C10H22.2C2H7O4P/c1-4-6-8-10-12-14-16-18-20-22-24-26-28-30-32(3)31-29-27-25-23-21-19-17-15-13-11-9-7-5-2;1-4-6-8-10-12-14-16-18-20-22(3)21-19-17-15-13-11-9-7-5-2;1-3-5-7-9-10-8-6-4-2;2*1-5-7(3,4)6-2/h4-31H2,1-3H3;4-21H2,1-3H3;3-10H2,1-2H3;2*1-2H3,(H,3,4). The molecule has 0 saturated carbocycles. The van der Waals surface area contributed by atoms with Crippen LogP contribution >= 0.6 is 15.6 Å². The second-order valence-electron chi connectivity index (χ2n) is 23.1. The van der Waals surface area contributed by atoms with Crippen molar-refractivity contribution in [1.82, 2.24) is 0 Å². The molecule has 10 nitrogen and oxygen atoms in total. The Labute approximate surface area is 491 Å². The molecule has 0 aliphatic heterocycles. The Balaban J connectivity index is -0.000000329. The third-order valence-corrected chi connectivity index (χ3v) is 17.0. The van der Waals surface area contributed by atoms with Crippen LogP contribution in [0.4, 0.5) is 0 Å². The third-order valence-electron chi connectivity index (χ3n) is 15.2. The highest BCUT2D eigenvalue weighted by molar-refractivity contribution is 7.46. The van der Waals surface area contributed by atoms with Crippen molar-refractivity contribution >= 4 is 15.6 Å². The van der Waals surface area contributed by atoms with Crippen LogP contribution < -0.4 is 19.6 Å². The van der Waals surface area contributed by atoms with Gasteiger partial charge in [-0.25, -0.2) is 0 Å². The van der Waals surface area contributed by atoms with Crippen LogP contribution in [0.1, 0.15) is 363 Å². The lowest BCUT2D eigenvalue weighted by Crippen LogP contribution is -3.09. The molecule has 478 valence electrons. The first-order valence-corrected chi connectivity index (χ1v) is 37.2. The molecule has 0 aromatic carbocycles. The minimum atomic E-state index is -3.90. The number of phosphoric acid groups is 2. The van der Waals surface area contributed by atoms with Gasteiger partial charge in [-0.05, 0) is 51.4 Å². The monoisotopic (exact) mass is 1160 g/mol. The van der Waals surface area contributed by atoms with Gasteiger partial charge < -0.3 is 37.7 Å². The minimum Gasteiger partial charge on any atom is -0.756 e. The summed E-state index contributed by atoms with van der Waals surface area (Å²) in [6, 6.07) is 0. The van der Waals surface area contributed by atoms with Crippen molar-refractivity contribution in [2.24, 2.45) is 0 Å². The van der Waals surface area contributed by atoms with Crippen molar-refractivity contribution in [1.29, 1.82) is 0 Å². The zero-order valence-electron chi connectivity index (χ0n) is 55.3. The van der Waals surface area contributed by atoms with Gasteiger partial charge in [-0.1, -0.05) is 311 Å². The molecule has 12 heteroatoms. The number of quaternary nitrogens is 2. The first-order chi connectivity index (χ1) is 37.8. The van der Waals surface area contributed by atoms with E-state index in [-0.39, 0.29) is 0 Å². The largest absolute Gasteiger partial charge is 0.756 e. The van der Waals surface area contributed by atoms with Crippen molar-refractivity contribution in [3.8, 4) is 0 Å². The molecule has 0 aromatic heterocycles. The van der Waals surface area contributed by atoms with E-state index in [0.29, 0.717) is 0 Å². The highest BCUT2D eigenvalue weighted by Gasteiger charge is 2.04. The number of phosphoric ester groups is 2. The van der Waals surface area contributed by atoms with E-state index < -0.39 is 15.6 Å². The maximum atomic E-state index is 9.95. The SMILES string of the molecule is CCCCCCCCCC.CCCCCCCCCCCCCCC[NH+](C)CCCCCCCCCCCCCCC.CCCCCCCCCC[NH+](C)CCCCCCCCCC.COP(=O)([O-])OC.COP(=O)([O-])OC. The summed E-state index contributed by atoms with van der Waals surface area (Å²) in [5.74, 6) is 0. The smallest absolute Gasteiger partial charge is 0.267 e. The van der Waals surface area contributed by atoms with Crippen molar-refractivity contribution in [3.05, 3.63) is 0 Å². The Morgan fingerprint density at radius 2 is 0.333 bits per heavy atom. The summed E-state index contributed by atoms with van der Waals surface area (Å²) < 4.78 is 35.4. The summed E-state index contributed by atoms with van der Waals surface area (Å²) >= 11 is 0. The molecule has 0 aromatic rings. The molecule has 78 heavy (non-hydrogen) atoms. The summed E-state index contributed by atoms with van der Waals surface area (Å²) in [5.41, 5.74) is 0. The molecular formula is C66H146N2O8P2. The molecule has 2 N–H and O–H groups in total. The van der Waals surface area contributed by atoms with Crippen molar-refractivity contribution in [3.63, 3.8) is 0 Å². The van der Waals surface area contributed by atoms with E-state index in [1.807, 2.05) is 0 Å². The van der Waals surface area contributed by atoms with E-state index >= 15 is 0 Å². The van der Waals surface area contributed by atoms with E-state index in [9.17, 15) is 18.9 Å². The lowest BCUT2D eigenvalue weighted by Gasteiger charge is -2.16. The van der Waals surface area contributed by atoms with Crippen molar-refractivity contribution < 1.29 is 46.8 Å². The maximum Gasteiger partial charge on any atom is 0.267 e. The molecule has 0 amide bonds. The van der Waals surface area contributed by atoms with E-state index in [2.05, 4.69) is 73.7 Å². The van der Waals surface area contributed by atoms with Crippen molar-refractivity contribution in [2.45, 2.75) is 363 Å². The van der Waals surface area contributed by atoms with Gasteiger partial charge in [0.25, 0.3) is 15.6 Å². The molecule has 0 atom stereocenters. The molecule has 0 radical (unpaired) electrons. The van der Waals surface area contributed by atoms with Gasteiger partial charge in [0.2, 0.25) is 0 Å². The Bertz CT molecular complexity index is 1030. The zero-order valence-corrected chi connectivity index (χ0v) is 57.1. The molecule has 0 aliphatic rings. The van der Waals surface area contributed by atoms with Gasteiger partial charge >= 0.3 is 0 Å². The predicted octanol–water partition coefficient (Wildman–Crippen LogP) is 19.1. The van der Waals surface area contributed by atoms with Crippen LogP contribution in [0.2, 0.25) is 0 Å². The second kappa shape index (κ2) is 77.1. The fourth-order valence-corrected chi connectivity index (χ4v) is 9.91. The highest BCUT2D eigenvalue weighted by atomic mass is 31.2. The average Bonchev–Trinajstić information content (AvgIpc) is 3.44. The quantitative estimate of drug-likeness (QED) is 0.0456. The zero-order chi connectivity index (χ0) is 59.2. The van der Waals surface area contributed by atoms with Gasteiger partial charge in [0.1, 0.15) is 0 Å². The summed E-state index contributed by atoms with van der Waals surface area (Å²) in [7, 11) is 1.16. The Morgan fingerprint density at radius 1 is 0.231 bits per heavy atom. The summed E-state index contributed by atoms with van der Waals surface area (Å²) in [6.07, 6.45) is 72.7. The molecule has 0 heterocycles. The molecule has 0 aliphatic carbocycles. The number of hydrogen-bond acceptors (Lipinski definition) is 8. The third kappa shape index (κ3) is 89.9. The van der Waals surface area contributed by atoms with Crippen LogP contribution in [-0.4, -0.2) is 68.7 Å². The van der Waals surface area contributed by atoms with E-state index in [1.165, 1.54) is 347 Å². The van der Waals surface area contributed by atoms with Gasteiger partial charge in [-0.3, -0.25) is 9.13 Å². The van der Waals surface area contributed by atoms with Crippen LogP contribution in [0, 0.1) is 0 Å². The van der Waals surface area contributed by atoms with Crippen molar-refractivity contribution in [2.75, 3.05) is 68.7 Å². The Hall–Kier alpha value is 0.140. The summed E-state index contributed by atoms with van der Waals surface area (Å²) in [6.45, 7) is 19.3. The van der Waals surface area contributed by atoms with Gasteiger partial charge in [0, 0.05) is 28.4 Å². The molecule has 0 rings (SSSR count). The Morgan fingerprint density at radius 3 is 0.423 bits per heavy atom. The topological polar surface area (TPSA) is 126 Å². The van der Waals surface area contributed by atoms with Gasteiger partial charge in [0.05, 0.1) is 40.3 Å². The number of hydrogen-bond donors (Lipinski definition) is 2. The maximum absolute atomic E-state index is 9.95. The van der Waals surface area contributed by atoms with Crippen LogP contribution in [-0.2, 0) is 27.2 Å².